The second-order valence-electron chi connectivity index (χ2n) is 6.48. The number of ketones is 1. The monoisotopic (exact) mass is 406 g/mol. The van der Waals surface area contributed by atoms with Gasteiger partial charge in [0.05, 0.1) is 26.0 Å². The SMILES string of the molecule is COc1ccc(OC)c(/C=C2\Oc3c(ccc(OC(=O)c4ccco4)c3C)C2=O)c1. The molecule has 0 bridgehead atoms. The average molecular weight is 406 g/mol. The molecule has 0 amide bonds. The van der Waals surface area contributed by atoms with E-state index in [1.54, 1.807) is 63.6 Å². The van der Waals surface area contributed by atoms with Crippen LogP contribution in [0.25, 0.3) is 6.08 Å². The number of hydrogen-bond acceptors (Lipinski definition) is 7. The Morgan fingerprint density at radius 1 is 1.03 bits per heavy atom. The predicted octanol–water partition coefficient (Wildman–Crippen LogP) is 4.44. The molecule has 1 aliphatic heterocycles. The highest BCUT2D eigenvalue weighted by Gasteiger charge is 2.31. The molecule has 1 aliphatic rings. The van der Waals surface area contributed by atoms with Gasteiger partial charge in [-0.3, -0.25) is 4.79 Å². The molecule has 2 heterocycles. The van der Waals surface area contributed by atoms with Crippen molar-refractivity contribution in [3.8, 4) is 23.0 Å². The van der Waals surface area contributed by atoms with Crippen LogP contribution in [0.5, 0.6) is 23.0 Å². The highest BCUT2D eigenvalue weighted by molar-refractivity contribution is 6.15. The Hall–Kier alpha value is -4.00. The van der Waals surface area contributed by atoms with Gasteiger partial charge >= 0.3 is 5.97 Å². The number of allylic oxidation sites excluding steroid dienone is 1. The molecule has 4 rings (SSSR count). The maximum absolute atomic E-state index is 12.8. The molecule has 0 unspecified atom stereocenters. The number of fused-ring (bicyclic) bond motifs is 1. The van der Waals surface area contributed by atoms with Crippen molar-refractivity contribution in [2.45, 2.75) is 6.92 Å². The number of carbonyl (C=O) groups excluding carboxylic acids is 2. The zero-order valence-electron chi connectivity index (χ0n) is 16.6. The molecule has 0 saturated heterocycles. The lowest BCUT2D eigenvalue weighted by molar-refractivity contribution is 0.0699. The number of ether oxygens (including phenoxy) is 4. The molecule has 0 saturated carbocycles. The van der Waals surface area contributed by atoms with Crippen LogP contribution in [-0.4, -0.2) is 26.0 Å². The molecule has 0 aliphatic carbocycles. The Kier molecular flexibility index (Phi) is 5.02. The fourth-order valence-corrected chi connectivity index (χ4v) is 3.12. The lowest BCUT2D eigenvalue weighted by atomic mass is 10.1. The third kappa shape index (κ3) is 3.41. The van der Waals surface area contributed by atoms with Crippen molar-refractivity contribution in [3.05, 3.63) is 76.9 Å². The van der Waals surface area contributed by atoms with Gasteiger partial charge in [-0.05, 0) is 55.5 Å². The van der Waals surface area contributed by atoms with Gasteiger partial charge < -0.3 is 23.4 Å². The molecule has 3 aromatic rings. The van der Waals surface area contributed by atoms with Gasteiger partial charge in [-0.15, -0.1) is 0 Å². The summed E-state index contributed by atoms with van der Waals surface area (Å²) in [5.74, 6) is 1.12. The van der Waals surface area contributed by atoms with Gasteiger partial charge in [-0.2, -0.15) is 0 Å². The van der Waals surface area contributed by atoms with E-state index in [1.165, 1.54) is 12.3 Å². The van der Waals surface area contributed by atoms with Crippen LogP contribution < -0.4 is 18.9 Å². The van der Waals surface area contributed by atoms with Crippen molar-refractivity contribution >= 4 is 17.8 Å². The second kappa shape index (κ2) is 7.79. The van der Waals surface area contributed by atoms with E-state index in [-0.39, 0.29) is 23.1 Å². The van der Waals surface area contributed by atoms with Crippen LogP contribution in [0.2, 0.25) is 0 Å². The first kappa shape index (κ1) is 19.3. The fourth-order valence-electron chi connectivity index (χ4n) is 3.12. The molecule has 7 heteroatoms. The van der Waals surface area contributed by atoms with Crippen molar-refractivity contribution in [2.24, 2.45) is 0 Å². The highest BCUT2D eigenvalue weighted by atomic mass is 16.5. The first-order valence-electron chi connectivity index (χ1n) is 9.07. The van der Waals surface area contributed by atoms with Crippen LogP contribution in [0.1, 0.15) is 32.0 Å². The minimum Gasteiger partial charge on any atom is -0.497 e. The number of Topliss-reactive ketones (excluding diaryl/α,β-unsaturated/α-hetero) is 1. The maximum Gasteiger partial charge on any atom is 0.379 e. The molecule has 152 valence electrons. The third-order valence-corrected chi connectivity index (χ3v) is 4.69. The lowest BCUT2D eigenvalue weighted by Crippen LogP contribution is -2.08. The maximum atomic E-state index is 12.8. The number of benzene rings is 2. The predicted molar refractivity (Wildman–Crippen MR) is 107 cm³/mol. The van der Waals surface area contributed by atoms with Crippen LogP contribution in [0.3, 0.4) is 0 Å². The minimum absolute atomic E-state index is 0.0811. The summed E-state index contributed by atoms with van der Waals surface area (Å²) in [6.45, 7) is 1.71. The van der Waals surface area contributed by atoms with Crippen LogP contribution in [0, 0.1) is 6.92 Å². The Bertz CT molecular complexity index is 1160. The molecule has 0 spiro atoms. The summed E-state index contributed by atoms with van der Waals surface area (Å²) >= 11 is 0. The van der Waals surface area contributed by atoms with E-state index in [0.717, 1.165) is 0 Å². The first-order valence-corrected chi connectivity index (χ1v) is 9.07. The van der Waals surface area contributed by atoms with Gasteiger partial charge in [-0.25, -0.2) is 4.79 Å². The molecule has 7 nitrogen and oxygen atoms in total. The molecule has 0 N–H and O–H groups in total. The standard InChI is InChI=1S/C23H18O7/c1-13-17(30-23(25)19-5-4-10-28-19)9-7-16-21(24)20(29-22(13)16)12-14-11-15(26-2)6-8-18(14)27-3/h4-12H,1-3H3/b20-12-. The normalized spacial score (nSPS) is 13.7. The van der Waals surface area contributed by atoms with E-state index in [9.17, 15) is 9.59 Å². The molecule has 0 radical (unpaired) electrons. The number of carbonyl (C=O) groups is 2. The van der Waals surface area contributed by atoms with E-state index < -0.39 is 5.97 Å². The van der Waals surface area contributed by atoms with Crippen LogP contribution in [-0.2, 0) is 0 Å². The van der Waals surface area contributed by atoms with Gasteiger partial charge in [0.1, 0.15) is 23.0 Å². The molecular formula is C23H18O7. The van der Waals surface area contributed by atoms with Crippen LogP contribution in [0.4, 0.5) is 0 Å². The Morgan fingerprint density at radius 2 is 1.83 bits per heavy atom. The van der Waals surface area contributed by atoms with Crippen LogP contribution in [0.15, 0.2) is 58.9 Å². The zero-order valence-corrected chi connectivity index (χ0v) is 16.6. The van der Waals surface area contributed by atoms with Gasteiger partial charge in [0.15, 0.2) is 5.76 Å². The first-order chi connectivity index (χ1) is 14.5. The largest absolute Gasteiger partial charge is 0.497 e. The minimum atomic E-state index is -0.635. The van der Waals surface area contributed by atoms with Crippen molar-refractivity contribution in [1.82, 2.24) is 0 Å². The molecule has 1 aromatic heterocycles. The van der Waals surface area contributed by atoms with Gasteiger partial charge in [0.2, 0.25) is 11.5 Å². The van der Waals surface area contributed by atoms with Crippen LogP contribution >= 0.6 is 0 Å². The summed E-state index contributed by atoms with van der Waals surface area (Å²) in [7, 11) is 3.10. The smallest absolute Gasteiger partial charge is 0.379 e. The van der Waals surface area contributed by atoms with Crippen molar-refractivity contribution in [3.63, 3.8) is 0 Å². The van der Waals surface area contributed by atoms with E-state index in [1.807, 2.05) is 0 Å². The number of furan rings is 1. The van der Waals surface area contributed by atoms with Gasteiger partial charge in [0.25, 0.3) is 0 Å². The topological polar surface area (TPSA) is 84.2 Å². The van der Waals surface area contributed by atoms with E-state index in [0.29, 0.717) is 33.9 Å². The number of hydrogen-bond donors (Lipinski definition) is 0. The quantitative estimate of drug-likeness (QED) is 0.352. The molecule has 2 aromatic carbocycles. The summed E-state index contributed by atoms with van der Waals surface area (Å²) in [6.07, 6.45) is 2.98. The third-order valence-electron chi connectivity index (χ3n) is 4.69. The van der Waals surface area contributed by atoms with Gasteiger partial charge in [0, 0.05) is 11.1 Å². The summed E-state index contributed by atoms with van der Waals surface area (Å²) in [5.41, 5.74) is 1.55. The van der Waals surface area contributed by atoms with Gasteiger partial charge in [-0.1, -0.05) is 0 Å². The fraction of sp³-hybridized carbons (Fsp3) is 0.130. The Balaban J connectivity index is 1.66. The number of methoxy groups -OCH3 is 2. The second-order valence-corrected chi connectivity index (χ2v) is 6.48. The summed E-state index contributed by atoms with van der Waals surface area (Å²) < 4.78 is 26.9. The van der Waals surface area contributed by atoms with Crippen molar-refractivity contribution in [1.29, 1.82) is 0 Å². The molecule has 30 heavy (non-hydrogen) atoms. The Morgan fingerprint density at radius 3 is 2.53 bits per heavy atom. The number of esters is 1. The average Bonchev–Trinajstić information content (AvgIpc) is 3.40. The summed E-state index contributed by atoms with van der Waals surface area (Å²) in [6, 6.07) is 11.5. The van der Waals surface area contributed by atoms with Crippen molar-refractivity contribution < 1.29 is 33.0 Å². The molecular weight excluding hydrogens is 388 g/mol. The van der Waals surface area contributed by atoms with E-state index >= 15 is 0 Å². The highest BCUT2D eigenvalue weighted by Crippen LogP contribution is 2.40. The Labute approximate surface area is 172 Å². The van der Waals surface area contributed by atoms with Crippen molar-refractivity contribution in [2.75, 3.05) is 14.2 Å². The molecule has 0 fully saturated rings. The number of rotatable bonds is 5. The summed E-state index contributed by atoms with van der Waals surface area (Å²) in [5, 5.41) is 0. The summed E-state index contributed by atoms with van der Waals surface area (Å²) in [4.78, 5) is 25.0. The molecule has 0 atom stereocenters. The van der Waals surface area contributed by atoms with E-state index in [2.05, 4.69) is 0 Å². The lowest BCUT2D eigenvalue weighted by Gasteiger charge is -2.09. The zero-order chi connectivity index (χ0) is 21.3. The van der Waals surface area contributed by atoms with E-state index in [4.69, 9.17) is 23.4 Å².